The zero-order valence-corrected chi connectivity index (χ0v) is 13.5. The van der Waals surface area contributed by atoms with Gasteiger partial charge in [-0.1, -0.05) is 38.1 Å². The Morgan fingerprint density at radius 1 is 1.20 bits per heavy atom. The van der Waals surface area contributed by atoms with E-state index in [1.165, 1.54) is 16.7 Å². The van der Waals surface area contributed by atoms with Gasteiger partial charge in [-0.05, 0) is 51.0 Å². The topological polar surface area (TPSA) is 16.1 Å². The van der Waals surface area contributed by atoms with Gasteiger partial charge in [0, 0.05) is 23.8 Å². The molecule has 0 atom stereocenters. The van der Waals surface area contributed by atoms with E-state index in [-0.39, 0.29) is 0 Å². The van der Waals surface area contributed by atoms with E-state index in [0.29, 0.717) is 5.92 Å². The molecule has 0 bridgehead atoms. The van der Waals surface area contributed by atoms with E-state index in [2.05, 4.69) is 70.0 Å². The minimum atomic E-state index is 0.503. The van der Waals surface area contributed by atoms with Crippen molar-refractivity contribution in [2.45, 2.75) is 32.7 Å². The van der Waals surface area contributed by atoms with Crippen LogP contribution in [-0.2, 0) is 13.0 Å². The monoisotopic (exact) mass is 330 g/mol. The summed E-state index contributed by atoms with van der Waals surface area (Å²) in [4.78, 5) is 6.97. The first-order valence-corrected chi connectivity index (χ1v) is 7.91. The van der Waals surface area contributed by atoms with Crippen molar-refractivity contribution in [2.24, 2.45) is 0 Å². The van der Waals surface area contributed by atoms with Crippen LogP contribution in [0.5, 0.6) is 0 Å². The number of pyridine rings is 1. The Labute approximate surface area is 129 Å². The number of hydrogen-bond donors (Lipinski definition) is 0. The van der Waals surface area contributed by atoms with Crippen molar-refractivity contribution in [1.82, 2.24) is 4.98 Å². The van der Waals surface area contributed by atoms with Gasteiger partial charge < -0.3 is 4.90 Å². The van der Waals surface area contributed by atoms with E-state index < -0.39 is 0 Å². The predicted molar refractivity (Wildman–Crippen MR) is 87.2 cm³/mol. The molecule has 1 aromatic heterocycles. The first kappa shape index (κ1) is 13.6. The van der Waals surface area contributed by atoms with E-state index >= 15 is 0 Å². The van der Waals surface area contributed by atoms with Gasteiger partial charge in [0.15, 0.2) is 0 Å². The van der Waals surface area contributed by atoms with Crippen molar-refractivity contribution >= 4 is 21.7 Å². The Morgan fingerprint density at radius 3 is 2.70 bits per heavy atom. The summed E-state index contributed by atoms with van der Waals surface area (Å²) in [6.45, 7) is 6.44. The third kappa shape index (κ3) is 2.59. The maximum atomic E-state index is 4.60. The molecule has 0 fully saturated rings. The van der Waals surface area contributed by atoms with Crippen molar-refractivity contribution in [1.29, 1.82) is 0 Å². The molecule has 2 heterocycles. The number of aromatic nitrogens is 1. The molecule has 0 aliphatic carbocycles. The lowest BCUT2D eigenvalue weighted by Gasteiger charge is -2.30. The second-order valence-corrected chi connectivity index (χ2v) is 6.51. The summed E-state index contributed by atoms with van der Waals surface area (Å²) in [6.07, 6.45) is 3.04. The van der Waals surface area contributed by atoms with Crippen molar-refractivity contribution < 1.29 is 0 Å². The Balaban J connectivity index is 1.90. The van der Waals surface area contributed by atoms with Crippen LogP contribution in [0.3, 0.4) is 0 Å². The fourth-order valence-electron chi connectivity index (χ4n) is 2.75. The van der Waals surface area contributed by atoms with Gasteiger partial charge in [0.25, 0.3) is 0 Å². The lowest BCUT2D eigenvalue weighted by molar-refractivity contribution is 0.718. The van der Waals surface area contributed by atoms with Crippen LogP contribution in [0.1, 0.15) is 36.5 Å². The maximum Gasteiger partial charge on any atom is 0.129 e. The number of fused-ring (bicyclic) bond motifs is 1. The van der Waals surface area contributed by atoms with Crippen molar-refractivity contribution in [2.75, 3.05) is 11.4 Å². The van der Waals surface area contributed by atoms with Gasteiger partial charge in [0.2, 0.25) is 0 Å². The van der Waals surface area contributed by atoms with Gasteiger partial charge in [-0.25, -0.2) is 4.98 Å². The summed E-state index contributed by atoms with van der Waals surface area (Å²) < 4.78 is 1.11. The average Bonchev–Trinajstić information content (AvgIpc) is 2.47. The number of rotatable bonds is 2. The quantitative estimate of drug-likeness (QED) is 0.804. The van der Waals surface area contributed by atoms with Gasteiger partial charge in [-0.2, -0.15) is 0 Å². The highest BCUT2D eigenvalue weighted by Crippen LogP contribution is 2.29. The fourth-order valence-corrected chi connectivity index (χ4v) is 3.42. The fraction of sp³-hybridized carbons (Fsp3) is 0.353. The molecule has 0 unspecified atom stereocenters. The van der Waals surface area contributed by atoms with Gasteiger partial charge in [0.1, 0.15) is 5.82 Å². The second-order valence-electron chi connectivity index (χ2n) is 5.66. The summed E-state index contributed by atoms with van der Waals surface area (Å²) in [5.41, 5.74) is 4.23. The van der Waals surface area contributed by atoms with Crippen LogP contribution < -0.4 is 4.90 Å². The summed E-state index contributed by atoms with van der Waals surface area (Å²) in [6, 6.07) is 10.9. The molecule has 0 saturated carbocycles. The van der Waals surface area contributed by atoms with Crippen LogP contribution in [0.15, 0.2) is 41.0 Å². The molecule has 2 aromatic rings. The SMILES string of the molecule is CC(C)c1cc(N2CCc3ccccc3C2)ncc1Br. The van der Waals surface area contributed by atoms with Crippen LogP contribution in [0.2, 0.25) is 0 Å². The highest BCUT2D eigenvalue weighted by atomic mass is 79.9. The van der Waals surface area contributed by atoms with Gasteiger partial charge >= 0.3 is 0 Å². The minimum Gasteiger partial charge on any atom is -0.352 e. The standard InChI is InChI=1S/C17H19BrN2/c1-12(2)15-9-17(19-10-16(15)18)20-8-7-13-5-3-4-6-14(13)11-20/h3-6,9-10,12H,7-8,11H2,1-2H3. The molecule has 0 amide bonds. The molecule has 0 spiro atoms. The molecule has 0 radical (unpaired) electrons. The molecular weight excluding hydrogens is 312 g/mol. The zero-order valence-electron chi connectivity index (χ0n) is 11.9. The van der Waals surface area contributed by atoms with Crippen molar-refractivity contribution in [3.8, 4) is 0 Å². The largest absolute Gasteiger partial charge is 0.352 e. The third-order valence-electron chi connectivity index (χ3n) is 3.95. The number of benzene rings is 1. The lowest BCUT2D eigenvalue weighted by Crippen LogP contribution is -2.31. The van der Waals surface area contributed by atoms with Crippen LogP contribution in [-0.4, -0.2) is 11.5 Å². The summed E-state index contributed by atoms with van der Waals surface area (Å²) in [5.74, 6) is 1.59. The molecule has 1 aliphatic rings. The van der Waals surface area contributed by atoms with E-state index in [4.69, 9.17) is 0 Å². The molecule has 0 saturated heterocycles. The lowest BCUT2D eigenvalue weighted by atomic mass is 9.99. The van der Waals surface area contributed by atoms with E-state index in [1.54, 1.807) is 0 Å². The first-order valence-electron chi connectivity index (χ1n) is 7.12. The highest BCUT2D eigenvalue weighted by Gasteiger charge is 2.18. The van der Waals surface area contributed by atoms with Crippen molar-refractivity contribution in [3.63, 3.8) is 0 Å². The summed E-state index contributed by atoms with van der Waals surface area (Å²) >= 11 is 3.60. The van der Waals surface area contributed by atoms with Crippen LogP contribution in [0, 0.1) is 0 Å². The molecule has 104 valence electrons. The highest BCUT2D eigenvalue weighted by molar-refractivity contribution is 9.10. The van der Waals surface area contributed by atoms with Gasteiger partial charge in [-0.3, -0.25) is 0 Å². The normalized spacial score (nSPS) is 14.5. The summed E-state index contributed by atoms with van der Waals surface area (Å²) in [7, 11) is 0. The van der Waals surface area contributed by atoms with Crippen LogP contribution >= 0.6 is 15.9 Å². The average molecular weight is 331 g/mol. The van der Waals surface area contributed by atoms with Crippen LogP contribution in [0.25, 0.3) is 0 Å². The van der Waals surface area contributed by atoms with E-state index in [1.807, 2.05) is 6.20 Å². The van der Waals surface area contributed by atoms with Crippen molar-refractivity contribution in [3.05, 3.63) is 57.7 Å². The number of nitrogens with zero attached hydrogens (tertiary/aromatic N) is 2. The third-order valence-corrected chi connectivity index (χ3v) is 4.61. The molecule has 3 rings (SSSR count). The van der Waals surface area contributed by atoms with E-state index in [0.717, 1.165) is 29.8 Å². The van der Waals surface area contributed by atoms with E-state index in [9.17, 15) is 0 Å². The predicted octanol–water partition coefficient (Wildman–Crippen LogP) is 4.53. The first-order chi connectivity index (χ1) is 9.65. The van der Waals surface area contributed by atoms with Gasteiger partial charge in [-0.15, -0.1) is 0 Å². The Kier molecular flexibility index (Phi) is 3.79. The molecule has 2 nitrogen and oxygen atoms in total. The van der Waals surface area contributed by atoms with Gasteiger partial charge in [0.05, 0.1) is 0 Å². The molecule has 20 heavy (non-hydrogen) atoms. The Hall–Kier alpha value is -1.35. The number of hydrogen-bond acceptors (Lipinski definition) is 2. The minimum absolute atomic E-state index is 0.503. The smallest absolute Gasteiger partial charge is 0.129 e. The molecular formula is C17H19BrN2. The second kappa shape index (κ2) is 5.57. The zero-order chi connectivity index (χ0) is 14.1. The molecule has 1 aliphatic heterocycles. The van der Waals surface area contributed by atoms with Crippen LogP contribution in [0.4, 0.5) is 5.82 Å². The molecule has 3 heteroatoms. The molecule has 1 aromatic carbocycles. The Morgan fingerprint density at radius 2 is 1.95 bits per heavy atom. The Bertz CT molecular complexity index is 622. The maximum absolute atomic E-state index is 4.60. The number of halogens is 1. The number of anilines is 1. The molecule has 0 N–H and O–H groups in total. The summed E-state index contributed by atoms with van der Waals surface area (Å²) in [5, 5.41) is 0.